The minimum Gasteiger partial charge on any atom is -0.506 e. The van der Waals surface area contributed by atoms with Crippen LogP contribution in [0.3, 0.4) is 0 Å². The summed E-state index contributed by atoms with van der Waals surface area (Å²) in [5, 5.41) is 13.4. The number of phenols is 1. The summed E-state index contributed by atoms with van der Waals surface area (Å²) >= 11 is 5.87. The summed E-state index contributed by atoms with van der Waals surface area (Å²) in [5.41, 5.74) is 0.218. The van der Waals surface area contributed by atoms with Crippen molar-refractivity contribution in [2.24, 2.45) is 0 Å². The molecule has 5 nitrogen and oxygen atoms in total. The molecule has 1 amide bonds. The van der Waals surface area contributed by atoms with Gasteiger partial charge in [0.2, 0.25) is 0 Å². The molecule has 6 heteroatoms. The van der Waals surface area contributed by atoms with Gasteiger partial charge in [0, 0.05) is 31.2 Å². The molecule has 1 rings (SSSR count). The molecule has 1 aromatic carbocycles. The highest BCUT2D eigenvalue weighted by Gasteiger charge is 2.23. The SMILES string of the molecule is CC(C)N(CCNCc1cccc(Cl)c1O)C(=O)OC(C)(C)C. The zero-order valence-electron chi connectivity index (χ0n) is 14.5. The van der Waals surface area contributed by atoms with Gasteiger partial charge in [-0.1, -0.05) is 23.7 Å². The van der Waals surface area contributed by atoms with Gasteiger partial charge >= 0.3 is 6.09 Å². The molecule has 0 saturated heterocycles. The third-order valence-corrected chi connectivity index (χ3v) is 3.47. The predicted octanol–water partition coefficient (Wildman–Crippen LogP) is 3.78. The normalized spacial score (nSPS) is 11.6. The van der Waals surface area contributed by atoms with Gasteiger partial charge in [-0.05, 0) is 40.7 Å². The van der Waals surface area contributed by atoms with Crippen molar-refractivity contribution in [3.05, 3.63) is 28.8 Å². The lowest BCUT2D eigenvalue weighted by atomic mass is 10.2. The van der Waals surface area contributed by atoms with Crippen LogP contribution in [0.5, 0.6) is 5.75 Å². The molecule has 23 heavy (non-hydrogen) atoms. The second kappa shape index (κ2) is 8.41. The van der Waals surface area contributed by atoms with E-state index in [2.05, 4.69) is 5.32 Å². The Morgan fingerprint density at radius 3 is 2.61 bits per heavy atom. The number of halogens is 1. The highest BCUT2D eigenvalue weighted by Crippen LogP contribution is 2.26. The lowest BCUT2D eigenvalue weighted by molar-refractivity contribution is 0.0193. The van der Waals surface area contributed by atoms with Crippen molar-refractivity contribution >= 4 is 17.7 Å². The minimum atomic E-state index is -0.510. The first-order valence-corrected chi connectivity index (χ1v) is 8.16. The number of phenolic OH excluding ortho intramolecular Hbond substituents is 1. The molecule has 2 N–H and O–H groups in total. The van der Waals surface area contributed by atoms with E-state index in [-0.39, 0.29) is 17.9 Å². The Morgan fingerprint density at radius 1 is 1.39 bits per heavy atom. The summed E-state index contributed by atoms with van der Waals surface area (Å²) < 4.78 is 5.41. The van der Waals surface area contributed by atoms with Crippen LogP contribution in [0.1, 0.15) is 40.2 Å². The Labute approximate surface area is 143 Å². The average Bonchev–Trinajstić information content (AvgIpc) is 2.40. The fourth-order valence-electron chi connectivity index (χ4n) is 2.01. The monoisotopic (exact) mass is 342 g/mol. The van der Waals surface area contributed by atoms with Crippen LogP contribution in [0.2, 0.25) is 5.02 Å². The highest BCUT2D eigenvalue weighted by atomic mass is 35.5. The molecule has 130 valence electrons. The smallest absolute Gasteiger partial charge is 0.410 e. The Kier molecular flexibility index (Phi) is 7.16. The van der Waals surface area contributed by atoms with E-state index < -0.39 is 5.60 Å². The van der Waals surface area contributed by atoms with Crippen LogP contribution in [0, 0.1) is 0 Å². The van der Waals surface area contributed by atoms with Gasteiger partial charge in [0.1, 0.15) is 11.4 Å². The van der Waals surface area contributed by atoms with Gasteiger partial charge < -0.3 is 20.1 Å². The van der Waals surface area contributed by atoms with Crippen LogP contribution >= 0.6 is 11.6 Å². The summed E-state index contributed by atoms with van der Waals surface area (Å²) in [7, 11) is 0. The largest absolute Gasteiger partial charge is 0.506 e. The number of benzene rings is 1. The number of para-hydroxylation sites is 1. The van der Waals surface area contributed by atoms with Gasteiger partial charge in [-0.25, -0.2) is 4.79 Å². The zero-order chi connectivity index (χ0) is 17.6. The molecule has 0 fully saturated rings. The highest BCUT2D eigenvalue weighted by molar-refractivity contribution is 6.32. The Morgan fingerprint density at radius 2 is 2.04 bits per heavy atom. The van der Waals surface area contributed by atoms with E-state index in [1.165, 1.54) is 0 Å². The molecule has 0 bridgehead atoms. The molecule has 0 radical (unpaired) electrons. The first-order chi connectivity index (χ1) is 10.6. The maximum atomic E-state index is 12.2. The Hall–Kier alpha value is -1.46. The number of ether oxygens (including phenoxy) is 1. The van der Waals surface area contributed by atoms with E-state index >= 15 is 0 Å². The maximum Gasteiger partial charge on any atom is 0.410 e. The number of carbonyl (C=O) groups is 1. The van der Waals surface area contributed by atoms with Gasteiger partial charge in [0.25, 0.3) is 0 Å². The molecule has 0 aliphatic heterocycles. The fourth-order valence-corrected chi connectivity index (χ4v) is 2.20. The molecular weight excluding hydrogens is 316 g/mol. The number of hydrogen-bond donors (Lipinski definition) is 2. The number of carbonyl (C=O) groups excluding carboxylic acids is 1. The minimum absolute atomic E-state index is 0.0474. The van der Waals surface area contributed by atoms with Crippen molar-refractivity contribution in [1.82, 2.24) is 10.2 Å². The molecular formula is C17H27ClN2O3. The van der Waals surface area contributed by atoms with E-state index in [1.807, 2.05) is 40.7 Å². The predicted molar refractivity (Wildman–Crippen MR) is 92.9 cm³/mol. The Bertz CT molecular complexity index is 527. The van der Waals surface area contributed by atoms with E-state index in [9.17, 15) is 9.90 Å². The van der Waals surface area contributed by atoms with Crippen molar-refractivity contribution in [2.75, 3.05) is 13.1 Å². The third-order valence-electron chi connectivity index (χ3n) is 3.17. The molecule has 0 saturated carbocycles. The van der Waals surface area contributed by atoms with Crippen molar-refractivity contribution in [3.63, 3.8) is 0 Å². The number of amides is 1. The summed E-state index contributed by atoms with van der Waals surface area (Å²) in [6.07, 6.45) is -0.320. The number of aromatic hydroxyl groups is 1. The standard InChI is InChI=1S/C17H27ClN2O3/c1-12(2)20(16(22)23-17(3,4)5)10-9-19-11-13-7-6-8-14(18)15(13)21/h6-8,12,19,21H,9-11H2,1-5H3. The summed E-state index contributed by atoms with van der Waals surface area (Å²) in [6, 6.07) is 5.29. The second-order valence-electron chi connectivity index (χ2n) is 6.69. The molecule has 0 unspecified atom stereocenters. The van der Waals surface area contributed by atoms with Crippen LogP contribution in [0.25, 0.3) is 0 Å². The molecule has 0 aliphatic carbocycles. The van der Waals surface area contributed by atoms with Crippen molar-refractivity contribution in [2.45, 2.75) is 52.8 Å². The molecule has 0 spiro atoms. The lowest BCUT2D eigenvalue weighted by Crippen LogP contribution is -2.44. The Balaban J connectivity index is 2.50. The quantitative estimate of drug-likeness (QED) is 0.772. The summed E-state index contributed by atoms with van der Waals surface area (Å²) in [4.78, 5) is 13.9. The van der Waals surface area contributed by atoms with Gasteiger partial charge in [-0.15, -0.1) is 0 Å². The molecule has 0 aromatic heterocycles. The van der Waals surface area contributed by atoms with Crippen LogP contribution < -0.4 is 5.32 Å². The van der Waals surface area contributed by atoms with E-state index in [4.69, 9.17) is 16.3 Å². The number of hydrogen-bond acceptors (Lipinski definition) is 4. The molecule has 0 heterocycles. The number of nitrogens with zero attached hydrogens (tertiary/aromatic N) is 1. The zero-order valence-corrected chi connectivity index (χ0v) is 15.3. The van der Waals surface area contributed by atoms with Crippen LogP contribution in [-0.4, -0.2) is 40.8 Å². The van der Waals surface area contributed by atoms with Gasteiger partial charge in [0.05, 0.1) is 5.02 Å². The van der Waals surface area contributed by atoms with E-state index in [0.29, 0.717) is 24.7 Å². The van der Waals surface area contributed by atoms with Gasteiger partial charge in [-0.2, -0.15) is 0 Å². The van der Waals surface area contributed by atoms with Crippen molar-refractivity contribution < 1.29 is 14.6 Å². The van der Waals surface area contributed by atoms with Crippen molar-refractivity contribution in [3.8, 4) is 5.75 Å². The third kappa shape index (κ3) is 6.67. The van der Waals surface area contributed by atoms with E-state index in [0.717, 1.165) is 5.56 Å². The molecule has 1 aromatic rings. The summed E-state index contributed by atoms with van der Waals surface area (Å²) in [5.74, 6) is 0.0922. The number of nitrogens with one attached hydrogen (secondary N) is 1. The topological polar surface area (TPSA) is 61.8 Å². The van der Waals surface area contributed by atoms with Gasteiger partial charge in [-0.3, -0.25) is 0 Å². The first kappa shape index (κ1) is 19.6. The summed E-state index contributed by atoms with van der Waals surface area (Å²) in [6.45, 7) is 11.0. The lowest BCUT2D eigenvalue weighted by Gasteiger charge is -2.30. The van der Waals surface area contributed by atoms with Crippen LogP contribution in [-0.2, 0) is 11.3 Å². The first-order valence-electron chi connectivity index (χ1n) is 7.78. The van der Waals surface area contributed by atoms with E-state index in [1.54, 1.807) is 17.0 Å². The van der Waals surface area contributed by atoms with Gasteiger partial charge in [0.15, 0.2) is 0 Å². The molecule has 0 aliphatic rings. The molecule has 0 atom stereocenters. The van der Waals surface area contributed by atoms with Crippen LogP contribution in [0.4, 0.5) is 4.79 Å². The maximum absolute atomic E-state index is 12.2. The van der Waals surface area contributed by atoms with Crippen LogP contribution in [0.15, 0.2) is 18.2 Å². The average molecular weight is 343 g/mol. The second-order valence-corrected chi connectivity index (χ2v) is 7.10. The fraction of sp³-hybridized carbons (Fsp3) is 0.588. The van der Waals surface area contributed by atoms with Crippen molar-refractivity contribution in [1.29, 1.82) is 0 Å². The number of rotatable bonds is 6.